The number of hydrogen-bond donors (Lipinski definition) is 0. The maximum absolute atomic E-state index is 13.4. The molecule has 0 spiro atoms. The van der Waals surface area contributed by atoms with Gasteiger partial charge >= 0.3 is 0 Å². The highest BCUT2D eigenvalue weighted by Gasteiger charge is 2.26. The number of thioether (sulfide) groups is 1. The molecule has 0 aliphatic carbocycles. The summed E-state index contributed by atoms with van der Waals surface area (Å²) in [6.07, 6.45) is 1.16. The van der Waals surface area contributed by atoms with Crippen molar-refractivity contribution < 1.29 is 4.79 Å². The molecule has 2 aromatic heterocycles. The molecule has 0 saturated carbocycles. The van der Waals surface area contributed by atoms with Gasteiger partial charge in [-0.1, -0.05) is 55.4 Å². The van der Waals surface area contributed by atoms with Crippen molar-refractivity contribution in [3.63, 3.8) is 0 Å². The average molecular weight is 462 g/mol. The quantitative estimate of drug-likeness (QED) is 0.431. The standard InChI is InChI=1S/C25H27N5O2S/c1-16-8-10-19(11-9-16)29-23(32)20-6-4-5-7-21(20)30-24(29)26-27-25(30)33-15-22(31)28-13-17(2)12-18(3)14-28/h4-11,17-18H,12-15H2,1-3H3. The van der Waals surface area contributed by atoms with Gasteiger partial charge < -0.3 is 4.90 Å². The summed E-state index contributed by atoms with van der Waals surface area (Å²) >= 11 is 1.37. The number of benzene rings is 2. The van der Waals surface area contributed by atoms with E-state index in [0.717, 1.165) is 36.3 Å². The number of amides is 1. The van der Waals surface area contributed by atoms with Crippen molar-refractivity contribution in [1.29, 1.82) is 0 Å². The van der Waals surface area contributed by atoms with Crippen molar-refractivity contribution in [1.82, 2.24) is 24.1 Å². The Morgan fingerprint density at radius 1 is 1.03 bits per heavy atom. The van der Waals surface area contributed by atoms with Crippen molar-refractivity contribution in [3.8, 4) is 5.69 Å². The van der Waals surface area contributed by atoms with Crippen LogP contribution in [0.25, 0.3) is 22.4 Å². The molecule has 0 radical (unpaired) electrons. The van der Waals surface area contributed by atoms with Crippen LogP contribution in [0.4, 0.5) is 0 Å². The van der Waals surface area contributed by atoms with Gasteiger partial charge in [-0.05, 0) is 49.4 Å². The van der Waals surface area contributed by atoms with Crippen LogP contribution in [0, 0.1) is 18.8 Å². The van der Waals surface area contributed by atoms with Crippen molar-refractivity contribution in [2.24, 2.45) is 11.8 Å². The molecule has 1 aliphatic heterocycles. The van der Waals surface area contributed by atoms with Crippen molar-refractivity contribution >= 4 is 34.3 Å². The first-order chi connectivity index (χ1) is 15.9. The Balaban J connectivity index is 1.55. The zero-order chi connectivity index (χ0) is 23.1. The largest absolute Gasteiger partial charge is 0.341 e. The zero-order valence-electron chi connectivity index (χ0n) is 19.1. The minimum absolute atomic E-state index is 0.117. The number of carbonyl (C=O) groups excluding carboxylic acids is 1. The Bertz CT molecular complexity index is 1380. The van der Waals surface area contributed by atoms with E-state index in [4.69, 9.17) is 0 Å². The fourth-order valence-corrected chi connectivity index (χ4v) is 5.63. The van der Waals surface area contributed by atoms with Gasteiger partial charge in [0.15, 0.2) is 5.16 Å². The minimum atomic E-state index is -0.140. The molecule has 2 atom stereocenters. The third-order valence-electron chi connectivity index (χ3n) is 6.23. The summed E-state index contributed by atoms with van der Waals surface area (Å²) in [4.78, 5) is 28.3. The lowest BCUT2D eigenvalue weighted by Gasteiger charge is -2.34. The number of carbonyl (C=O) groups is 1. The number of nitrogens with zero attached hydrogens (tertiary/aromatic N) is 5. The summed E-state index contributed by atoms with van der Waals surface area (Å²) in [6.45, 7) is 8.02. The second-order valence-corrected chi connectivity index (χ2v) is 10.1. The molecule has 4 aromatic rings. The molecule has 170 valence electrons. The number of aromatic nitrogens is 4. The van der Waals surface area contributed by atoms with E-state index < -0.39 is 0 Å². The van der Waals surface area contributed by atoms with Crippen LogP contribution in [-0.2, 0) is 4.79 Å². The summed E-state index contributed by atoms with van der Waals surface area (Å²) in [5, 5.41) is 9.94. The number of rotatable bonds is 4. The second kappa shape index (κ2) is 8.67. The first-order valence-electron chi connectivity index (χ1n) is 11.3. The number of hydrogen-bond acceptors (Lipinski definition) is 5. The Labute approximate surface area is 196 Å². The molecular weight excluding hydrogens is 434 g/mol. The number of para-hydroxylation sites is 1. The SMILES string of the molecule is Cc1ccc(-n2c(=O)c3ccccc3n3c(SCC(=O)N4CC(C)CC(C)C4)nnc23)cc1. The predicted octanol–water partition coefficient (Wildman–Crippen LogP) is 3.94. The first-order valence-corrected chi connectivity index (χ1v) is 12.3. The van der Waals surface area contributed by atoms with E-state index in [2.05, 4.69) is 24.0 Å². The van der Waals surface area contributed by atoms with E-state index in [0.29, 0.717) is 28.2 Å². The highest BCUT2D eigenvalue weighted by atomic mass is 32.2. The highest BCUT2D eigenvalue weighted by molar-refractivity contribution is 7.99. The van der Waals surface area contributed by atoms with Crippen LogP contribution >= 0.6 is 11.8 Å². The van der Waals surface area contributed by atoms with Crippen molar-refractivity contribution in [2.75, 3.05) is 18.8 Å². The number of piperidine rings is 1. The molecule has 2 aromatic carbocycles. The van der Waals surface area contributed by atoms with Crippen LogP contribution in [0.3, 0.4) is 0 Å². The molecular formula is C25H27N5O2S. The molecule has 1 amide bonds. The highest BCUT2D eigenvalue weighted by Crippen LogP contribution is 2.25. The fourth-order valence-electron chi connectivity index (χ4n) is 4.78. The van der Waals surface area contributed by atoms with Gasteiger partial charge in [-0.15, -0.1) is 10.2 Å². The predicted molar refractivity (Wildman–Crippen MR) is 131 cm³/mol. The molecule has 5 rings (SSSR count). The van der Waals surface area contributed by atoms with Crippen LogP contribution in [0.15, 0.2) is 58.5 Å². The van der Waals surface area contributed by atoms with Gasteiger partial charge in [0.2, 0.25) is 11.7 Å². The van der Waals surface area contributed by atoms with Gasteiger partial charge in [-0.3, -0.25) is 14.0 Å². The molecule has 1 aliphatic rings. The van der Waals surface area contributed by atoms with Crippen LogP contribution in [0.1, 0.15) is 25.8 Å². The molecule has 1 fully saturated rings. The topological polar surface area (TPSA) is 72.5 Å². The lowest BCUT2D eigenvalue weighted by atomic mass is 9.92. The van der Waals surface area contributed by atoms with Gasteiger partial charge in [-0.2, -0.15) is 0 Å². The molecule has 0 N–H and O–H groups in total. The van der Waals surface area contributed by atoms with E-state index in [9.17, 15) is 9.59 Å². The summed E-state index contributed by atoms with van der Waals surface area (Å²) in [7, 11) is 0. The summed E-state index contributed by atoms with van der Waals surface area (Å²) in [5.41, 5.74) is 2.44. The molecule has 3 heterocycles. The zero-order valence-corrected chi connectivity index (χ0v) is 19.9. The van der Waals surface area contributed by atoms with E-state index >= 15 is 0 Å². The summed E-state index contributed by atoms with van der Waals surface area (Å²) in [5.74, 6) is 1.89. The lowest BCUT2D eigenvalue weighted by molar-refractivity contribution is -0.130. The molecule has 7 nitrogen and oxygen atoms in total. The third-order valence-corrected chi connectivity index (χ3v) is 7.15. The minimum Gasteiger partial charge on any atom is -0.341 e. The van der Waals surface area contributed by atoms with Gasteiger partial charge in [0.1, 0.15) is 0 Å². The Hall–Kier alpha value is -3.13. The Kier molecular flexibility index (Phi) is 5.70. The Morgan fingerprint density at radius 2 is 1.73 bits per heavy atom. The average Bonchev–Trinajstić information content (AvgIpc) is 3.22. The van der Waals surface area contributed by atoms with E-state index in [-0.39, 0.29) is 17.2 Å². The van der Waals surface area contributed by atoms with Gasteiger partial charge in [-0.25, -0.2) is 4.57 Å². The van der Waals surface area contributed by atoms with Crippen LogP contribution < -0.4 is 5.56 Å². The Morgan fingerprint density at radius 3 is 2.45 bits per heavy atom. The third kappa shape index (κ3) is 4.04. The second-order valence-electron chi connectivity index (χ2n) is 9.14. The molecule has 2 unspecified atom stereocenters. The number of fused-ring (bicyclic) bond motifs is 3. The van der Waals surface area contributed by atoms with Gasteiger partial charge in [0.05, 0.1) is 22.3 Å². The van der Waals surface area contributed by atoms with Crippen LogP contribution in [0.2, 0.25) is 0 Å². The first kappa shape index (κ1) is 21.7. The normalized spacial score (nSPS) is 18.8. The number of likely N-dealkylation sites (tertiary alicyclic amines) is 1. The lowest BCUT2D eigenvalue weighted by Crippen LogP contribution is -2.43. The van der Waals surface area contributed by atoms with E-state index in [1.807, 2.05) is 64.8 Å². The van der Waals surface area contributed by atoms with Crippen molar-refractivity contribution in [3.05, 3.63) is 64.4 Å². The van der Waals surface area contributed by atoms with E-state index in [1.54, 1.807) is 4.57 Å². The van der Waals surface area contributed by atoms with Crippen LogP contribution in [-0.4, -0.2) is 48.8 Å². The fraction of sp³-hybridized carbons (Fsp3) is 0.360. The summed E-state index contributed by atoms with van der Waals surface area (Å²) < 4.78 is 3.48. The van der Waals surface area contributed by atoms with Gasteiger partial charge in [0.25, 0.3) is 5.56 Å². The molecule has 33 heavy (non-hydrogen) atoms. The van der Waals surface area contributed by atoms with Crippen LogP contribution in [0.5, 0.6) is 0 Å². The molecule has 8 heteroatoms. The monoisotopic (exact) mass is 461 g/mol. The molecule has 0 bridgehead atoms. The molecule has 1 saturated heterocycles. The van der Waals surface area contributed by atoms with Gasteiger partial charge in [0, 0.05) is 13.1 Å². The number of aryl methyl sites for hydroxylation is 1. The van der Waals surface area contributed by atoms with E-state index in [1.165, 1.54) is 11.8 Å². The summed E-state index contributed by atoms with van der Waals surface area (Å²) in [6, 6.07) is 15.2. The maximum Gasteiger partial charge on any atom is 0.267 e. The maximum atomic E-state index is 13.4. The smallest absolute Gasteiger partial charge is 0.267 e. The van der Waals surface area contributed by atoms with Crippen molar-refractivity contribution in [2.45, 2.75) is 32.3 Å².